The summed E-state index contributed by atoms with van der Waals surface area (Å²) in [5, 5.41) is 7.29. The van der Waals surface area contributed by atoms with Gasteiger partial charge >= 0.3 is 5.97 Å². The number of ether oxygens (including phenoxy) is 1. The van der Waals surface area contributed by atoms with Gasteiger partial charge in [-0.2, -0.15) is 0 Å². The number of hydrogen-bond donors (Lipinski definition) is 2. The number of allylic oxidation sites excluding steroid dienone is 1. The van der Waals surface area contributed by atoms with E-state index in [4.69, 9.17) is 11.1 Å². The molecule has 0 aromatic carbocycles. The van der Waals surface area contributed by atoms with Crippen molar-refractivity contribution < 1.29 is 9.53 Å². The second-order valence-corrected chi connectivity index (χ2v) is 2.93. The van der Waals surface area contributed by atoms with Crippen molar-refractivity contribution in [2.24, 2.45) is 11.7 Å². The zero-order valence-electron chi connectivity index (χ0n) is 8.26. The van der Waals surface area contributed by atoms with Crippen molar-refractivity contribution >= 4 is 11.7 Å². The number of nitrogens with one attached hydrogen (secondary N) is 1. The van der Waals surface area contributed by atoms with Crippen LogP contribution in [0.1, 0.15) is 20.8 Å². The molecule has 0 amide bonds. The Hall–Kier alpha value is -1.32. The Kier molecular flexibility index (Phi) is 4.80. The van der Waals surface area contributed by atoms with Gasteiger partial charge in [-0.15, -0.1) is 0 Å². The summed E-state index contributed by atoms with van der Waals surface area (Å²) in [6, 6.07) is 0. The smallest absolute Gasteiger partial charge is 0.356 e. The van der Waals surface area contributed by atoms with Crippen LogP contribution >= 0.6 is 0 Å². The van der Waals surface area contributed by atoms with Gasteiger partial charge in [-0.3, -0.25) is 5.41 Å². The minimum atomic E-state index is -0.633. The quantitative estimate of drug-likeness (QED) is 0.506. The standard InChI is InChI=1S/C9H16N2O2/c1-4-13-9(12)8(11)5-7(10)6(2)3/h5-6,11H,4,10H2,1-3H3/b7-5-,11-8?. The highest BCUT2D eigenvalue weighted by Gasteiger charge is 2.08. The largest absolute Gasteiger partial charge is 0.461 e. The summed E-state index contributed by atoms with van der Waals surface area (Å²) in [6.07, 6.45) is 1.34. The summed E-state index contributed by atoms with van der Waals surface area (Å²) in [4.78, 5) is 11.0. The van der Waals surface area contributed by atoms with Crippen LogP contribution in [0, 0.1) is 11.3 Å². The van der Waals surface area contributed by atoms with Crippen molar-refractivity contribution in [3.8, 4) is 0 Å². The van der Waals surface area contributed by atoms with E-state index in [2.05, 4.69) is 4.74 Å². The molecule has 0 rings (SSSR count). The number of esters is 1. The molecule has 3 N–H and O–H groups in total. The molecule has 0 aromatic heterocycles. The van der Waals surface area contributed by atoms with E-state index in [1.54, 1.807) is 6.92 Å². The molecule has 4 heteroatoms. The Morgan fingerprint density at radius 3 is 2.54 bits per heavy atom. The number of carbonyl (C=O) groups excluding carboxylic acids is 1. The first kappa shape index (κ1) is 11.7. The molecular weight excluding hydrogens is 168 g/mol. The Morgan fingerprint density at radius 2 is 2.15 bits per heavy atom. The predicted octanol–water partition coefficient (Wildman–Crippen LogP) is 1.07. The monoisotopic (exact) mass is 184 g/mol. The van der Waals surface area contributed by atoms with Crippen LogP contribution in [0.5, 0.6) is 0 Å². The van der Waals surface area contributed by atoms with Crippen LogP contribution in [-0.4, -0.2) is 18.3 Å². The van der Waals surface area contributed by atoms with E-state index in [-0.39, 0.29) is 18.2 Å². The molecule has 0 spiro atoms. The van der Waals surface area contributed by atoms with E-state index in [1.165, 1.54) is 6.08 Å². The highest BCUT2D eigenvalue weighted by molar-refractivity contribution is 6.39. The van der Waals surface area contributed by atoms with Gasteiger partial charge in [0.1, 0.15) is 5.71 Å². The van der Waals surface area contributed by atoms with Crippen molar-refractivity contribution in [2.45, 2.75) is 20.8 Å². The van der Waals surface area contributed by atoms with Crippen molar-refractivity contribution in [2.75, 3.05) is 6.61 Å². The van der Waals surface area contributed by atoms with Crippen LogP contribution in [-0.2, 0) is 9.53 Å². The summed E-state index contributed by atoms with van der Waals surface area (Å²) in [5.41, 5.74) is 5.88. The van der Waals surface area contributed by atoms with Gasteiger partial charge < -0.3 is 10.5 Å². The van der Waals surface area contributed by atoms with E-state index >= 15 is 0 Å². The van der Waals surface area contributed by atoms with Crippen LogP contribution in [0.25, 0.3) is 0 Å². The molecule has 13 heavy (non-hydrogen) atoms. The average Bonchev–Trinajstić information content (AvgIpc) is 2.04. The third-order valence-corrected chi connectivity index (χ3v) is 1.47. The molecule has 0 aliphatic heterocycles. The highest BCUT2D eigenvalue weighted by Crippen LogP contribution is 2.02. The van der Waals surface area contributed by atoms with Gasteiger partial charge in [0, 0.05) is 5.70 Å². The van der Waals surface area contributed by atoms with Gasteiger partial charge in [-0.25, -0.2) is 4.79 Å². The molecule has 0 radical (unpaired) electrons. The van der Waals surface area contributed by atoms with Crippen molar-refractivity contribution in [1.82, 2.24) is 0 Å². The van der Waals surface area contributed by atoms with Crippen molar-refractivity contribution in [3.63, 3.8) is 0 Å². The van der Waals surface area contributed by atoms with Crippen LogP contribution in [0.4, 0.5) is 0 Å². The molecule has 0 aliphatic carbocycles. The topological polar surface area (TPSA) is 76.2 Å². The Morgan fingerprint density at radius 1 is 1.62 bits per heavy atom. The van der Waals surface area contributed by atoms with Crippen LogP contribution in [0.3, 0.4) is 0 Å². The molecule has 0 saturated carbocycles. The van der Waals surface area contributed by atoms with Crippen LogP contribution < -0.4 is 5.73 Å². The van der Waals surface area contributed by atoms with E-state index in [1.807, 2.05) is 13.8 Å². The SMILES string of the molecule is CCOC(=O)C(=N)/C=C(\N)C(C)C. The number of carbonyl (C=O) groups is 1. The predicted molar refractivity (Wildman–Crippen MR) is 51.5 cm³/mol. The molecule has 0 atom stereocenters. The Bertz CT molecular complexity index is 232. The molecule has 4 nitrogen and oxygen atoms in total. The maximum absolute atomic E-state index is 11.0. The van der Waals surface area contributed by atoms with Gasteiger partial charge in [0.25, 0.3) is 0 Å². The fourth-order valence-corrected chi connectivity index (χ4v) is 0.601. The first-order valence-electron chi connectivity index (χ1n) is 4.21. The summed E-state index contributed by atoms with van der Waals surface area (Å²) in [7, 11) is 0. The first-order chi connectivity index (χ1) is 5.99. The lowest BCUT2D eigenvalue weighted by molar-refractivity contribution is -0.135. The maximum Gasteiger partial charge on any atom is 0.356 e. The van der Waals surface area contributed by atoms with Gasteiger partial charge in [-0.05, 0) is 18.9 Å². The van der Waals surface area contributed by atoms with Crippen molar-refractivity contribution in [3.05, 3.63) is 11.8 Å². The molecule has 0 aromatic rings. The molecule has 0 heterocycles. The molecule has 74 valence electrons. The Labute approximate surface area is 78.3 Å². The summed E-state index contributed by atoms with van der Waals surface area (Å²) < 4.78 is 4.62. The lowest BCUT2D eigenvalue weighted by atomic mass is 10.1. The molecule has 0 aliphatic rings. The molecule has 0 fully saturated rings. The molecule has 0 unspecified atom stereocenters. The summed E-state index contributed by atoms with van der Waals surface area (Å²) in [5.74, 6) is -0.499. The lowest BCUT2D eigenvalue weighted by Gasteiger charge is -2.05. The normalized spacial score (nSPS) is 11.5. The van der Waals surface area contributed by atoms with Gasteiger partial charge in [0.2, 0.25) is 0 Å². The average molecular weight is 184 g/mol. The highest BCUT2D eigenvalue weighted by atomic mass is 16.5. The first-order valence-corrected chi connectivity index (χ1v) is 4.21. The third kappa shape index (κ3) is 4.30. The second-order valence-electron chi connectivity index (χ2n) is 2.93. The van der Waals surface area contributed by atoms with E-state index in [9.17, 15) is 4.79 Å². The fraction of sp³-hybridized carbons (Fsp3) is 0.556. The molecule has 0 bridgehead atoms. The van der Waals surface area contributed by atoms with E-state index in [0.717, 1.165) is 0 Å². The fourth-order valence-electron chi connectivity index (χ4n) is 0.601. The maximum atomic E-state index is 11.0. The zero-order valence-corrected chi connectivity index (χ0v) is 8.26. The van der Waals surface area contributed by atoms with E-state index < -0.39 is 5.97 Å². The van der Waals surface area contributed by atoms with E-state index in [0.29, 0.717) is 5.70 Å². The second kappa shape index (κ2) is 5.35. The number of hydrogen-bond acceptors (Lipinski definition) is 4. The number of nitrogens with two attached hydrogens (primary N) is 1. The molecule has 0 saturated heterocycles. The minimum Gasteiger partial charge on any atom is -0.461 e. The summed E-state index contributed by atoms with van der Waals surface area (Å²) in [6.45, 7) is 5.76. The van der Waals surface area contributed by atoms with Gasteiger partial charge in [0.05, 0.1) is 6.61 Å². The number of rotatable bonds is 4. The van der Waals surface area contributed by atoms with Crippen molar-refractivity contribution in [1.29, 1.82) is 5.41 Å². The van der Waals surface area contributed by atoms with Gasteiger partial charge in [0.15, 0.2) is 0 Å². The molecular formula is C9H16N2O2. The Balaban J connectivity index is 4.29. The van der Waals surface area contributed by atoms with Crippen LogP contribution in [0.2, 0.25) is 0 Å². The lowest BCUT2D eigenvalue weighted by Crippen LogP contribution is -2.17. The zero-order chi connectivity index (χ0) is 10.4. The summed E-state index contributed by atoms with van der Waals surface area (Å²) >= 11 is 0. The third-order valence-electron chi connectivity index (χ3n) is 1.47. The van der Waals surface area contributed by atoms with Crippen LogP contribution in [0.15, 0.2) is 11.8 Å². The minimum absolute atomic E-state index is 0.134. The van der Waals surface area contributed by atoms with Gasteiger partial charge in [-0.1, -0.05) is 13.8 Å².